The average Bonchev–Trinajstić information content (AvgIpc) is 2.27. The Balaban J connectivity index is 2.53. The van der Waals surface area contributed by atoms with Crippen molar-refractivity contribution >= 4 is 0 Å². The first-order chi connectivity index (χ1) is 7.44. The Bertz CT molecular complexity index is 314. The maximum atomic E-state index is 10.0. The van der Waals surface area contributed by atoms with Gasteiger partial charge < -0.3 is 9.84 Å². The van der Waals surface area contributed by atoms with E-state index in [0.717, 1.165) is 18.4 Å². The van der Waals surface area contributed by atoms with Gasteiger partial charge in [-0.25, -0.2) is 0 Å². The summed E-state index contributed by atoms with van der Waals surface area (Å²) in [5.74, 6) is 0. The number of aliphatic hydroxyl groups excluding tert-OH is 1. The molecule has 0 saturated heterocycles. The Morgan fingerprint density at radius 3 is 2.31 bits per heavy atom. The van der Waals surface area contributed by atoms with E-state index in [9.17, 15) is 5.11 Å². The number of rotatable bonds is 5. The predicted molar refractivity (Wildman–Crippen MR) is 66.5 cm³/mol. The topological polar surface area (TPSA) is 29.5 Å². The van der Waals surface area contributed by atoms with Gasteiger partial charge in [0.15, 0.2) is 0 Å². The van der Waals surface area contributed by atoms with Gasteiger partial charge in [-0.3, -0.25) is 0 Å². The van der Waals surface area contributed by atoms with E-state index in [-0.39, 0.29) is 5.60 Å². The molecule has 2 heteroatoms. The maximum absolute atomic E-state index is 10.0. The summed E-state index contributed by atoms with van der Waals surface area (Å²) in [5.41, 5.74) is 2.04. The molecule has 2 nitrogen and oxygen atoms in total. The SMILES string of the molecule is COC(C)(C)CCC(O)c1ccc(C)cc1. The van der Waals surface area contributed by atoms with Gasteiger partial charge in [0.1, 0.15) is 0 Å². The van der Waals surface area contributed by atoms with Crippen LogP contribution < -0.4 is 0 Å². The van der Waals surface area contributed by atoms with Crippen molar-refractivity contribution in [1.29, 1.82) is 0 Å². The lowest BCUT2D eigenvalue weighted by Crippen LogP contribution is -2.23. The molecule has 1 unspecified atom stereocenters. The summed E-state index contributed by atoms with van der Waals surface area (Å²) in [7, 11) is 1.71. The molecule has 0 radical (unpaired) electrons. The fraction of sp³-hybridized carbons (Fsp3) is 0.571. The van der Waals surface area contributed by atoms with E-state index >= 15 is 0 Å². The fourth-order valence-corrected chi connectivity index (χ4v) is 1.54. The summed E-state index contributed by atoms with van der Waals surface area (Å²) in [6.07, 6.45) is 1.18. The first-order valence-electron chi connectivity index (χ1n) is 5.74. The van der Waals surface area contributed by atoms with Gasteiger partial charge in [0.05, 0.1) is 11.7 Å². The van der Waals surface area contributed by atoms with E-state index in [1.807, 2.05) is 45.0 Å². The molecule has 0 amide bonds. The lowest BCUT2D eigenvalue weighted by atomic mass is 9.96. The van der Waals surface area contributed by atoms with Crippen molar-refractivity contribution in [2.24, 2.45) is 0 Å². The average molecular weight is 222 g/mol. The molecule has 0 fully saturated rings. The van der Waals surface area contributed by atoms with Crippen molar-refractivity contribution in [2.75, 3.05) is 7.11 Å². The minimum absolute atomic E-state index is 0.161. The second-order valence-electron chi connectivity index (χ2n) is 4.93. The van der Waals surface area contributed by atoms with Crippen LogP contribution in [-0.2, 0) is 4.74 Å². The molecule has 0 aliphatic rings. The third-order valence-electron chi connectivity index (χ3n) is 3.03. The van der Waals surface area contributed by atoms with Gasteiger partial charge in [-0.2, -0.15) is 0 Å². The highest BCUT2D eigenvalue weighted by Gasteiger charge is 2.18. The van der Waals surface area contributed by atoms with E-state index in [1.165, 1.54) is 5.56 Å². The molecule has 1 aromatic rings. The molecule has 0 aliphatic carbocycles. The quantitative estimate of drug-likeness (QED) is 0.828. The molecule has 0 heterocycles. The molecule has 0 saturated carbocycles. The molecular formula is C14H22O2. The van der Waals surface area contributed by atoms with Gasteiger partial charge >= 0.3 is 0 Å². The van der Waals surface area contributed by atoms with Gasteiger partial charge in [0, 0.05) is 7.11 Å². The standard InChI is InChI=1S/C14H22O2/c1-11-5-7-12(8-6-11)13(15)9-10-14(2,3)16-4/h5-8,13,15H,9-10H2,1-4H3. The highest BCUT2D eigenvalue weighted by atomic mass is 16.5. The van der Waals surface area contributed by atoms with Gasteiger partial charge in [-0.15, -0.1) is 0 Å². The van der Waals surface area contributed by atoms with Crippen LogP contribution in [0, 0.1) is 6.92 Å². The molecule has 90 valence electrons. The van der Waals surface area contributed by atoms with Gasteiger partial charge in [0.25, 0.3) is 0 Å². The van der Waals surface area contributed by atoms with E-state index in [1.54, 1.807) is 7.11 Å². The largest absolute Gasteiger partial charge is 0.388 e. The summed E-state index contributed by atoms with van der Waals surface area (Å²) in [6.45, 7) is 6.12. The van der Waals surface area contributed by atoms with Crippen LogP contribution in [0.5, 0.6) is 0 Å². The minimum atomic E-state index is -0.393. The summed E-state index contributed by atoms with van der Waals surface area (Å²) in [4.78, 5) is 0. The summed E-state index contributed by atoms with van der Waals surface area (Å²) in [5, 5.41) is 10.0. The highest BCUT2D eigenvalue weighted by Crippen LogP contribution is 2.24. The second kappa shape index (κ2) is 5.46. The van der Waals surface area contributed by atoms with Crippen LogP contribution in [0.1, 0.15) is 43.9 Å². The number of benzene rings is 1. The molecule has 16 heavy (non-hydrogen) atoms. The van der Waals surface area contributed by atoms with E-state index < -0.39 is 6.10 Å². The van der Waals surface area contributed by atoms with Gasteiger partial charge in [0.2, 0.25) is 0 Å². The monoisotopic (exact) mass is 222 g/mol. The van der Waals surface area contributed by atoms with Crippen molar-refractivity contribution in [3.8, 4) is 0 Å². The Morgan fingerprint density at radius 1 is 1.25 bits per heavy atom. The molecule has 1 aromatic carbocycles. The second-order valence-corrected chi connectivity index (χ2v) is 4.93. The normalized spacial score (nSPS) is 13.8. The van der Waals surface area contributed by atoms with E-state index in [4.69, 9.17) is 4.74 Å². The maximum Gasteiger partial charge on any atom is 0.0791 e. The van der Waals surface area contributed by atoms with Gasteiger partial charge in [-0.1, -0.05) is 29.8 Å². The first-order valence-corrected chi connectivity index (χ1v) is 5.74. The number of methoxy groups -OCH3 is 1. The Labute approximate surface area is 98.3 Å². The Hall–Kier alpha value is -0.860. The van der Waals surface area contributed by atoms with Crippen molar-refractivity contribution in [2.45, 2.75) is 45.3 Å². The number of ether oxygens (including phenoxy) is 1. The van der Waals surface area contributed by atoms with Crippen LogP contribution in [-0.4, -0.2) is 17.8 Å². The third kappa shape index (κ3) is 3.95. The van der Waals surface area contributed by atoms with Crippen LogP contribution in [0.2, 0.25) is 0 Å². The van der Waals surface area contributed by atoms with Gasteiger partial charge in [-0.05, 0) is 39.2 Å². The molecule has 1 rings (SSSR count). The summed E-state index contributed by atoms with van der Waals surface area (Å²) >= 11 is 0. The molecular weight excluding hydrogens is 200 g/mol. The zero-order valence-electron chi connectivity index (χ0n) is 10.7. The minimum Gasteiger partial charge on any atom is -0.388 e. The summed E-state index contributed by atoms with van der Waals surface area (Å²) < 4.78 is 5.33. The first kappa shape index (κ1) is 13.2. The lowest BCUT2D eigenvalue weighted by Gasteiger charge is -2.24. The fourth-order valence-electron chi connectivity index (χ4n) is 1.54. The molecule has 0 spiro atoms. The van der Waals surface area contributed by atoms with E-state index in [2.05, 4.69) is 0 Å². The molecule has 1 atom stereocenters. The van der Waals surface area contributed by atoms with Crippen LogP contribution in [0.4, 0.5) is 0 Å². The predicted octanol–water partition coefficient (Wildman–Crippen LogP) is 3.23. The zero-order chi connectivity index (χ0) is 12.2. The highest BCUT2D eigenvalue weighted by molar-refractivity contribution is 5.22. The number of aliphatic hydroxyl groups is 1. The van der Waals surface area contributed by atoms with Crippen molar-refractivity contribution in [3.63, 3.8) is 0 Å². The summed E-state index contributed by atoms with van der Waals surface area (Å²) in [6, 6.07) is 8.03. The van der Waals surface area contributed by atoms with Crippen molar-refractivity contribution in [3.05, 3.63) is 35.4 Å². The third-order valence-corrected chi connectivity index (χ3v) is 3.03. The van der Waals surface area contributed by atoms with Crippen LogP contribution in [0.15, 0.2) is 24.3 Å². The van der Waals surface area contributed by atoms with Crippen molar-refractivity contribution < 1.29 is 9.84 Å². The molecule has 1 N–H and O–H groups in total. The lowest BCUT2D eigenvalue weighted by molar-refractivity contribution is 0.00279. The Morgan fingerprint density at radius 2 is 1.81 bits per heavy atom. The smallest absolute Gasteiger partial charge is 0.0791 e. The van der Waals surface area contributed by atoms with Crippen LogP contribution >= 0.6 is 0 Å². The van der Waals surface area contributed by atoms with E-state index in [0.29, 0.717) is 0 Å². The number of hydrogen-bond acceptors (Lipinski definition) is 2. The van der Waals surface area contributed by atoms with Crippen molar-refractivity contribution in [1.82, 2.24) is 0 Å². The van der Waals surface area contributed by atoms with Crippen LogP contribution in [0.25, 0.3) is 0 Å². The molecule has 0 aromatic heterocycles. The van der Waals surface area contributed by atoms with Crippen LogP contribution in [0.3, 0.4) is 0 Å². The number of hydrogen-bond donors (Lipinski definition) is 1. The Kier molecular flexibility index (Phi) is 4.51. The number of aryl methyl sites for hydroxylation is 1. The molecule has 0 bridgehead atoms. The zero-order valence-corrected chi connectivity index (χ0v) is 10.7. The molecule has 0 aliphatic heterocycles.